The van der Waals surface area contributed by atoms with E-state index in [1.807, 2.05) is 94.5 Å². The largest absolute Gasteiger partial charge is 0.340 e. The van der Waals surface area contributed by atoms with Gasteiger partial charge in [-0.3, -0.25) is 9.59 Å². The summed E-state index contributed by atoms with van der Waals surface area (Å²) < 4.78 is 0. The second-order valence-corrected chi connectivity index (χ2v) is 9.03. The van der Waals surface area contributed by atoms with Crippen LogP contribution in [0.3, 0.4) is 0 Å². The number of carbonyl (C=O) groups excluding carboxylic acids is 2. The molecule has 0 aliphatic heterocycles. The van der Waals surface area contributed by atoms with Crippen molar-refractivity contribution in [2.45, 2.75) is 26.8 Å². The van der Waals surface area contributed by atoms with Crippen molar-refractivity contribution < 1.29 is 14.5 Å². The van der Waals surface area contributed by atoms with Crippen LogP contribution in [-0.4, -0.2) is 32.0 Å². The third-order valence-corrected chi connectivity index (χ3v) is 5.76. The Kier molecular flexibility index (Phi) is 8.26. The zero-order valence-corrected chi connectivity index (χ0v) is 20.3. The maximum atomic E-state index is 12.9. The second-order valence-electron chi connectivity index (χ2n) is 8.60. The molecule has 3 rings (SSSR count). The number of rotatable bonds is 8. The number of likely N-dealkylation sites (N-methyl/N-ethyl adjacent to an activating group) is 1. The van der Waals surface area contributed by atoms with Crippen LogP contribution in [0.25, 0.3) is 0 Å². The number of hydrogen-bond donors (Lipinski definition) is 3. The van der Waals surface area contributed by atoms with Crippen molar-refractivity contribution in [3.8, 4) is 0 Å². The molecule has 0 fully saturated rings. The molecule has 0 radical (unpaired) electrons. The maximum absolute atomic E-state index is 12.9. The van der Waals surface area contributed by atoms with Gasteiger partial charge in [-0.1, -0.05) is 71.8 Å². The number of benzene rings is 3. The van der Waals surface area contributed by atoms with Crippen LogP contribution < -0.4 is 15.5 Å². The lowest BCUT2D eigenvalue weighted by atomic mass is 9.98. The van der Waals surface area contributed by atoms with Gasteiger partial charge < -0.3 is 15.5 Å². The average molecular weight is 465 g/mol. The molecular formula is C27H31ClN3O2+. The fourth-order valence-electron chi connectivity index (χ4n) is 4.04. The molecule has 0 aliphatic carbocycles. The molecule has 0 aromatic heterocycles. The number of aryl methyl sites for hydroxylation is 3. The van der Waals surface area contributed by atoms with Gasteiger partial charge in [0.1, 0.15) is 0 Å². The van der Waals surface area contributed by atoms with Gasteiger partial charge in [-0.15, -0.1) is 0 Å². The number of anilines is 1. The van der Waals surface area contributed by atoms with Crippen molar-refractivity contribution in [1.82, 2.24) is 5.32 Å². The Hall–Kier alpha value is -3.15. The molecule has 6 heteroatoms. The first-order chi connectivity index (χ1) is 15.7. The minimum atomic E-state index is -0.296. The molecule has 0 spiro atoms. The Bertz CT molecular complexity index is 1090. The molecule has 3 N–H and O–H groups in total. The van der Waals surface area contributed by atoms with Crippen LogP contribution in [0.2, 0.25) is 5.02 Å². The monoisotopic (exact) mass is 464 g/mol. The molecule has 0 saturated carbocycles. The van der Waals surface area contributed by atoms with Gasteiger partial charge in [0.2, 0.25) is 0 Å². The standard InChI is InChI=1S/C27H30ClN3O2/c1-18-14-19(2)26(20(3)15-18)29-24(32)16-31(4)17-25(33)30-27(21-8-6-5-7-9-21)22-10-12-23(28)13-11-22/h5-15,27H,16-17H2,1-4H3,(H,29,32)(H,30,33)/p+1. The lowest BCUT2D eigenvalue weighted by Gasteiger charge is -2.21. The van der Waals surface area contributed by atoms with Gasteiger partial charge in [-0.05, 0) is 55.2 Å². The van der Waals surface area contributed by atoms with Crippen molar-refractivity contribution in [2.75, 3.05) is 25.5 Å². The zero-order chi connectivity index (χ0) is 24.0. The first-order valence-corrected chi connectivity index (χ1v) is 11.4. The third kappa shape index (κ3) is 6.91. The molecular weight excluding hydrogens is 434 g/mol. The highest BCUT2D eigenvalue weighted by molar-refractivity contribution is 6.30. The van der Waals surface area contributed by atoms with Gasteiger partial charge in [0.15, 0.2) is 13.1 Å². The Morgan fingerprint density at radius 3 is 2.00 bits per heavy atom. The molecule has 0 aliphatic rings. The first kappa shape index (κ1) is 24.5. The summed E-state index contributed by atoms with van der Waals surface area (Å²) >= 11 is 6.04. The van der Waals surface area contributed by atoms with Gasteiger partial charge in [-0.2, -0.15) is 0 Å². The van der Waals surface area contributed by atoms with Gasteiger partial charge in [0.25, 0.3) is 11.8 Å². The fraction of sp³-hybridized carbons (Fsp3) is 0.259. The zero-order valence-electron chi connectivity index (χ0n) is 19.5. The summed E-state index contributed by atoms with van der Waals surface area (Å²) in [5, 5.41) is 6.76. The summed E-state index contributed by atoms with van der Waals surface area (Å²) in [6.07, 6.45) is 0. The molecule has 33 heavy (non-hydrogen) atoms. The number of quaternary nitrogens is 1. The number of hydrogen-bond acceptors (Lipinski definition) is 2. The SMILES string of the molecule is Cc1cc(C)c(NC(=O)C[NH+](C)CC(=O)NC(c2ccccc2)c2ccc(Cl)cc2)c(C)c1. The lowest BCUT2D eigenvalue weighted by Crippen LogP contribution is -3.11. The van der Waals surface area contributed by atoms with Crippen LogP contribution in [-0.2, 0) is 9.59 Å². The Balaban J connectivity index is 1.63. The number of nitrogens with one attached hydrogen (secondary N) is 3. The summed E-state index contributed by atoms with van der Waals surface area (Å²) in [7, 11) is 1.84. The quantitative estimate of drug-likeness (QED) is 0.476. The smallest absolute Gasteiger partial charge is 0.279 e. The van der Waals surface area contributed by atoms with Crippen LogP contribution in [0.5, 0.6) is 0 Å². The van der Waals surface area contributed by atoms with E-state index in [2.05, 4.69) is 10.6 Å². The van der Waals surface area contributed by atoms with Crippen LogP contribution in [0.1, 0.15) is 33.9 Å². The first-order valence-electron chi connectivity index (χ1n) is 11.0. The van der Waals surface area contributed by atoms with Crippen molar-refractivity contribution in [3.05, 3.63) is 99.6 Å². The summed E-state index contributed by atoms with van der Waals surface area (Å²) in [4.78, 5) is 26.3. The molecule has 3 aromatic rings. The normalized spacial score (nSPS) is 12.6. The molecule has 2 atom stereocenters. The predicted molar refractivity (Wildman–Crippen MR) is 134 cm³/mol. The van der Waals surface area contributed by atoms with E-state index >= 15 is 0 Å². The molecule has 2 unspecified atom stereocenters. The van der Waals surface area contributed by atoms with E-state index < -0.39 is 0 Å². The number of halogens is 1. The fourth-order valence-corrected chi connectivity index (χ4v) is 4.17. The van der Waals surface area contributed by atoms with Gasteiger partial charge in [0, 0.05) is 10.7 Å². The average Bonchev–Trinajstić information content (AvgIpc) is 2.76. The summed E-state index contributed by atoms with van der Waals surface area (Å²) in [5.74, 6) is -0.250. The van der Waals surface area contributed by atoms with Gasteiger partial charge in [0.05, 0.1) is 13.1 Å². The van der Waals surface area contributed by atoms with Crippen molar-refractivity contribution >= 4 is 29.1 Å². The summed E-state index contributed by atoms with van der Waals surface area (Å²) in [6, 6.07) is 21.1. The minimum Gasteiger partial charge on any atom is -0.340 e. The third-order valence-electron chi connectivity index (χ3n) is 5.51. The highest BCUT2D eigenvalue weighted by Crippen LogP contribution is 2.23. The van der Waals surface area contributed by atoms with Crippen molar-refractivity contribution in [3.63, 3.8) is 0 Å². The Morgan fingerprint density at radius 2 is 1.39 bits per heavy atom. The molecule has 0 bridgehead atoms. The van der Waals surface area contributed by atoms with Crippen molar-refractivity contribution in [1.29, 1.82) is 0 Å². The van der Waals surface area contributed by atoms with Crippen LogP contribution in [0.15, 0.2) is 66.7 Å². The van der Waals surface area contributed by atoms with Gasteiger partial charge >= 0.3 is 0 Å². The Morgan fingerprint density at radius 1 is 0.848 bits per heavy atom. The Labute approximate surface area is 200 Å². The van der Waals surface area contributed by atoms with Crippen molar-refractivity contribution in [2.24, 2.45) is 0 Å². The predicted octanol–water partition coefficient (Wildman–Crippen LogP) is 3.62. The number of amides is 2. The molecule has 5 nitrogen and oxygen atoms in total. The molecule has 0 saturated heterocycles. The van der Waals surface area contributed by atoms with E-state index in [1.165, 1.54) is 0 Å². The summed E-state index contributed by atoms with van der Waals surface area (Å²) in [5.41, 5.74) is 5.99. The molecule has 0 heterocycles. The highest BCUT2D eigenvalue weighted by Gasteiger charge is 2.20. The van der Waals surface area contributed by atoms with E-state index in [0.29, 0.717) is 5.02 Å². The molecule has 2 amide bonds. The van der Waals surface area contributed by atoms with Gasteiger partial charge in [-0.25, -0.2) is 0 Å². The second kappa shape index (κ2) is 11.1. The number of carbonyl (C=O) groups is 2. The summed E-state index contributed by atoms with van der Waals surface area (Å²) in [6.45, 7) is 6.38. The highest BCUT2D eigenvalue weighted by atomic mass is 35.5. The van der Waals surface area contributed by atoms with Crippen LogP contribution in [0, 0.1) is 20.8 Å². The molecule has 3 aromatic carbocycles. The van der Waals surface area contributed by atoms with Crippen LogP contribution in [0.4, 0.5) is 5.69 Å². The van der Waals surface area contributed by atoms with E-state index in [-0.39, 0.29) is 30.9 Å². The van der Waals surface area contributed by atoms with E-state index in [9.17, 15) is 9.59 Å². The van der Waals surface area contributed by atoms with E-state index in [1.54, 1.807) is 0 Å². The van der Waals surface area contributed by atoms with E-state index in [4.69, 9.17) is 11.6 Å². The maximum Gasteiger partial charge on any atom is 0.279 e. The van der Waals surface area contributed by atoms with Crippen LogP contribution >= 0.6 is 11.6 Å². The lowest BCUT2D eigenvalue weighted by molar-refractivity contribution is -0.862. The van der Waals surface area contributed by atoms with E-state index in [0.717, 1.165) is 38.4 Å². The molecule has 172 valence electrons. The topological polar surface area (TPSA) is 62.6 Å². The minimum absolute atomic E-state index is 0.118.